The van der Waals surface area contributed by atoms with Crippen molar-refractivity contribution in [3.8, 4) is 34.1 Å². The Hall–Kier alpha value is -3.47. The van der Waals surface area contributed by atoms with Gasteiger partial charge in [0.1, 0.15) is 28.6 Å². The first-order valence-electron chi connectivity index (χ1n) is 8.05. The first-order valence-corrected chi connectivity index (χ1v) is 8.05. The third-order valence-corrected chi connectivity index (χ3v) is 4.20. The van der Waals surface area contributed by atoms with E-state index in [-0.39, 0.29) is 0 Å². The van der Waals surface area contributed by atoms with Crippen LogP contribution in [0.5, 0.6) is 11.5 Å². The van der Waals surface area contributed by atoms with Gasteiger partial charge in [-0.3, -0.25) is 0 Å². The van der Waals surface area contributed by atoms with Gasteiger partial charge in [-0.15, -0.1) is 0 Å². The second-order valence-corrected chi connectivity index (χ2v) is 5.71. The van der Waals surface area contributed by atoms with Gasteiger partial charge in [0.25, 0.3) is 0 Å². The van der Waals surface area contributed by atoms with Gasteiger partial charge < -0.3 is 18.3 Å². The molecule has 5 heteroatoms. The van der Waals surface area contributed by atoms with Gasteiger partial charge in [-0.05, 0) is 36.4 Å². The van der Waals surface area contributed by atoms with Crippen molar-refractivity contribution in [1.82, 2.24) is 0 Å². The Balaban J connectivity index is 1.87. The van der Waals surface area contributed by atoms with Crippen LogP contribution >= 0.6 is 0 Å². The van der Waals surface area contributed by atoms with Crippen LogP contribution in [0.2, 0.25) is 0 Å². The van der Waals surface area contributed by atoms with Crippen molar-refractivity contribution < 1.29 is 18.3 Å². The van der Waals surface area contributed by atoms with Crippen LogP contribution in [0.25, 0.3) is 33.6 Å². The number of benzene rings is 2. The second kappa shape index (κ2) is 6.44. The molecule has 0 amide bonds. The zero-order chi connectivity index (χ0) is 18.1. The van der Waals surface area contributed by atoms with Crippen LogP contribution in [0.4, 0.5) is 0 Å². The van der Waals surface area contributed by atoms with Crippen LogP contribution < -0.4 is 15.1 Å². The largest absolute Gasteiger partial charge is 0.497 e. The zero-order valence-electron chi connectivity index (χ0n) is 14.3. The Kier molecular flexibility index (Phi) is 3.97. The summed E-state index contributed by atoms with van der Waals surface area (Å²) in [7, 11) is 3.18. The van der Waals surface area contributed by atoms with Crippen molar-refractivity contribution >= 4 is 11.0 Å². The maximum atomic E-state index is 12.0. The standard InChI is InChI=1S/C21H16O5/c1-23-13-7-8-14-16(12-21(22)26-20(14)11-13)19-10-9-18(25-19)15-5-3-4-6-17(15)24-2/h3-12H,1-2H3. The summed E-state index contributed by atoms with van der Waals surface area (Å²) in [5, 5.41) is 0.770. The van der Waals surface area contributed by atoms with Crippen molar-refractivity contribution in [2.75, 3.05) is 14.2 Å². The van der Waals surface area contributed by atoms with Gasteiger partial charge >= 0.3 is 5.63 Å². The quantitative estimate of drug-likeness (QED) is 0.499. The molecule has 5 nitrogen and oxygen atoms in total. The third-order valence-electron chi connectivity index (χ3n) is 4.20. The molecule has 0 aliphatic carbocycles. The molecule has 0 saturated heterocycles. The molecule has 0 unspecified atom stereocenters. The number of fused-ring (bicyclic) bond motifs is 1. The highest BCUT2D eigenvalue weighted by Crippen LogP contribution is 2.36. The van der Waals surface area contributed by atoms with Crippen LogP contribution in [0.15, 0.2) is 74.3 Å². The molecular formula is C21H16O5. The number of para-hydroxylation sites is 1. The zero-order valence-corrected chi connectivity index (χ0v) is 14.3. The minimum atomic E-state index is -0.448. The molecule has 2 aromatic heterocycles. The van der Waals surface area contributed by atoms with Crippen molar-refractivity contribution in [3.05, 3.63) is 71.1 Å². The smallest absolute Gasteiger partial charge is 0.336 e. The minimum Gasteiger partial charge on any atom is -0.497 e. The summed E-state index contributed by atoms with van der Waals surface area (Å²) in [6, 6.07) is 18.1. The second-order valence-electron chi connectivity index (χ2n) is 5.71. The molecule has 2 heterocycles. The fourth-order valence-corrected chi connectivity index (χ4v) is 2.95. The van der Waals surface area contributed by atoms with Crippen LogP contribution in [-0.4, -0.2) is 14.2 Å². The number of furan rings is 1. The number of rotatable bonds is 4. The van der Waals surface area contributed by atoms with Gasteiger partial charge in [0.15, 0.2) is 0 Å². The fourth-order valence-electron chi connectivity index (χ4n) is 2.95. The van der Waals surface area contributed by atoms with Crippen LogP contribution in [0.3, 0.4) is 0 Å². The maximum absolute atomic E-state index is 12.0. The summed E-state index contributed by atoms with van der Waals surface area (Å²) in [4.78, 5) is 12.0. The Morgan fingerprint density at radius 1 is 0.769 bits per heavy atom. The third kappa shape index (κ3) is 2.73. The average molecular weight is 348 g/mol. The Labute approximate surface area is 149 Å². The molecule has 130 valence electrons. The monoisotopic (exact) mass is 348 g/mol. The van der Waals surface area contributed by atoms with E-state index < -0.39 is 5.63 Å². The van der Waals surface area contributed by atoms with Gasteiger partial charge in [0, 0.05) is 23.1 Å². The summed E-state index contributed by atoms with van der Waals surface area (Å²) in [6.07, 6.45) is 0. The summed E-state index contributed by atoms with van der Waals surface area (Å²) in [5.74, 6) is 2.57. The molecular weight excluding hydrogens is 332 g/mol. The van der Waals surface area contributed by atoms with Crippen molar-refractivity contribution in [2.24, 2.45) is 0 Å². The Morgan fingerprint density at radius 2 is 1.54 bits per heavy atom. The number of ether oxygens (including phenoxy) is 2. The number of hydrogen-bond acceptors (Lipinski definition) is 5. The lowest BCUT2D eigenvalue weighted by molar-refractivity contribution is 0.414. The van der Waals surface area contributed by atoms with E-state index in [9.17, 15) is 4.79 Å². The van der Waals surface area contributed by atoms with Crippen LogP contribution in [0.1, 0.15) is 0 Å². The van der Waals surface area contributed by atoms with Gasteiger partial charge in [-0.1, -0.05) is 12.1 Å². The molecule has 0 N–H and O–H groups in total. The van der Waals surface area contributed by atoms with Crippen molar-refractivity contribution in [1.29, 1.82) is 0 Å². The number of methoxy groups -OCH3 is 2. The topological polar surface area (TPSA) is 61.8 Å². The molecule has 0 radical (unpaired) electrons. The van der Waals surface area contributed by atoms with Crippen LogP contribution in [-0.2, 0) is 0 Å². The molecule has 0 spiro atoms. The van der Waals surface area contributed by atoms with Crippen LogP contribution in [0, 0.1) is 0 Å². The van der Waals surface area contributed by atoms with Gasteiger partial charge in [0.2, 0.25) is 0 Å². The molecule has 26 heavy (non-hydrogen) atoms. The molecule has 2 aromatic carbocycles. The summed E-state index contributed by atoms with van der Waals surface area (Å²) in [5.41, 5.74) is 1.51. The van der Waals surface area contributed by atoms with E-state index in [1.165, 1.54) is 6.07 Å². The Morgan fingerprint density at radius 3 is 2.31 bits per heavy atom. The fraction of sp³-hybridized carbons (Fsp3) is 0.0952. The summed E-state index contributed by atoms with van der Waals surface area (Å²) in [6.45, 7) is 0. The predicted octanol–water partition coefficient (Wildman–Crippen LogP) is 4.74. The van der Waals surface area contributed by atoms with E-state index >= 15 is 0 Å². The summed E-state index contributed by atoms with van der Waals surface area (Å²) < 4.78 is 21.9. The summed E-state index contributed by atoms with van der Waals surface area (Å²) >= 11 is 0. The lowest BCUT2D eigenvalue weighted by Crippen LogP contribution is -1.98. The van der Waals surface area contributed by atoms with E-state index in [0.29, 0.717) is 28.4 Å². The molecule has 0 bridgehead atoms. The van der Waals surface area contributed by atoms with E-state index in [1.54, 1.807) is 20.3 Å². The lowest BCUT2D eigenvalue weighted by Gasteiger charge is -2.06. The maximum Gasteiger partial charge on any atom is 0.336 e. The highest BCUT2D eigenvalue weighted by Gasteiger charge is 2.15. The molecule has 4 aromatic rings. The first-order chi connectivity index (χ1) is 12.7. The van der Waals surface area contributed by atoms with Crippen molar-refractivity contribution in [3.63, 3.8) is 0 Å². The predicted molar refractivity (Wildman–Crippen MR) is 98.7 cm³/mol. The molecule has 0 aliphatic rings. The Bertz CT molecular complexity index is 1140. The highest BCUT2D eigenvalue weighted by atomic mass is 16.5. The van der Waals surface area contributed by atoms with E-state index in [2.05, 4.69) is 0 Å². The highest BCUT2D eigenvalue weighted by molar-refractivity contribution is 5.92. The molecule has 0 saturated carbocycles. The normalized spacial score (nSPS) is 10.8. The molecule has 4 rings (SSSR count). The minimum absolute atomic E-state index is 0.446. The lowest BCUT2D eigenvalue weighted by atomic mass is 10.1. The van der Waals surface area contributed by atoms with E-state index in [1.807, 2.05) is 48.5 Å². The molecule has 0 atom stereocenters. The van der Waals surface area contributed by atoms with E-state index in [4.69, 9.17) is 18.3 Å². The van der Waals surface area contributed by atoms with E-state index in [0.717, 1.165) is 16.7 Å². The first kappa shape index (κ1) is 16.0. The van der Waals surface area contributed by atoms with Gasteiger partial charge in [-0.25, -0.2) is 4.79 Å². The van der Waals surface area contributed by atoms with Crippen molar-refractivity contribution in [2.45, 2.75) is 0 Å². The average Bonchev–Trinajstić information content (AvgIpc) is 3.16. The molecule has 0 aliphatic heterocycles. The SMILES string of the molecule is COc1ccc2c(-c3ccc(-c4ccccc4OC)o3)cc(=O)oc2c1. The van der Waals surface area contributed by atoms with Gasteiger partial charge in [-0.2, -0.15) is 0 Å². The number of hydrogen-bond donors (Lipinski definition) is 0. The van der Waals surface area contributed by atoms with Gasteiger partial charge in [0.05, 0.1) is 19.8 Å². The molecule has 0 fully saturated rings.